The second-order valence-corrected chi connectivity index (χ2v) is 4.39. The lowest BCUT2D eigenvalue weighted by Gasteiger charge is -2.34. The number of alkyl halides is 3. The van der Waals surface area contributed by atoms with E-state index in [2.05, 4.69) is 20.6 Å². The van der Waals surface area contributed by atoms with Gasteiger partial charge in [-0.2, -0.15) is 13.2 Å². The molecule has 6 N–H and O–H groups in total. The summed E-state index contributed by atoms with van der Waals surface area (Å²) >= 11 is 0. The molecule has 0 radical (unpaired) electrons. The molecule has 6 nitrogen and oxygen atoms in total. The summed E-state index contributed by atoms with van der Waals surface area (Å²) in [5.74, 6) is 0.426. The van der Waals surface area contributed by atoms with Crippen LogP contribution in [-0.2, 0) is 10.5 Å². The van der Waals surface area contributed by atoms with Crippen LogP contribution in [0.25, 0.3) is 0 Å². The van der Waals surface area contributed by atoms with E-state index in [1.165, 1.54) is 13.3 Å². The standard InChI is InChI=1S/C12H14F3N5O/c1-21-20-10-3-2-7(5-18-10)11(17)9(16)4-8(6-19-11)12(13,14)15/h2-6,19H,16-17H2,1H3,(H,18,20). The van der Waals surface area contributed by atoms with Crippen LogP contribution in [0.3, 0.4) is 0 Å². The average molecular weight is 301 g/mol. The van der Waals surface area contributed by atoms with Crippen molar-refractivity contribution in [1.82, 2.24) is 10.3 Å². The Kier molecular flexibility index (Phi) is 3.79. The van der Waals surface area contributed by atoms with Gasteiger partial charge in [0.1, 0.15) is 5.82 Å². The van der Waals surface area contributed by atoms with E-state index in [-0.39, 0.29) is 5.70 Å². The first-order valence-electron chi connectivity index (χ1n) is 5.84. The van der Waals surface area contributed by atoms with E-state index in [0.29, 0.717) is 11.4 Å². The van der Waals surface area contributed by atoms with Crippen LogP contribution in [0.2, 0.25) is 0 Å². The second kappa shape index (κ2) is 5.26. The quantitative estimate of drug-likeness (QED) is 0.623. The maximum Gasteiger partial charge on any atom is 0.417 e. The highest BCUT2D eigenvalue weighted by atomic mass is 19.4. The van der Waals surface area contributed by atoms with Gasteiger partial charge in [0.15, 0.2) is 5.66 Å². The maximum absolute atomic E-state index is 12.6. The van der Waals surface area contributed by atoms with E-state index in [1.807, 2.05) is 0 Å². The highest BCUT2D eigenvalue weighted by Gasteiger charge is 2.39. The van der Waals surface area contributed by atoms with Crippen molar-refractivity contribution in [2.75, 3.05) is 12.6 Å². The Hall–Kier alpha value is -2.26. The molecule has 1 aromatic rings. The molecule has 1 atom stereocenters. The van der Waals surface area contributed by atoms with Crippen molar-refractivity contribution < 1.29 is 18.0 Å². The van der Waals surface area contributed by atoms with Gasteiger partial charge in [-0.05, 0) is 18.2 Å². The molecule has 21 heavy (non-hydrogen) atoms. The number of allylic oxidation sites excluding steroid dienone is 2. The molecule has 114 valence electrons. The van der Waals surface area contributed by atoms with Gasteiger partial charge in [-0.15, -0.1) is 0 Å². The lowest BCUT2D eigenvalue weighted by atomic mass is 9.94. The van der Waals surface area contributed by atoms with Gasteiger partial charge >= 0.3 is 6.18 Å². The molecule has 9 heteroatoms. The van der Waals surface area contributed by atoms with Crippen LogP contribution in [0.4, 0.5) is 19.0 Å². The third kappa shape index (κ3) is 2.93. The molecule has 2 heterocycles. The van der Waals surface area contributed by atoms with Gasteiger partial charge in [-0.25, -0.2) is 10.5 Å². The SMILES string of the molecule is CONc1ccc(C2(N)NC=C(C(F)(F)F)C=C2N)cn1. The van der Waals surface area contributed by atoms with E-state index in [1.54, 1.807) is 12.1 Å². The van der Waals surface area contributed by atoms with Crippen LogP contribution < -0.4 is 22.3 Å². The van der Waals surface area contributed by atoms with Crippen molar-refractivity contribution in [3.63, 3.8) is 0 Å². The van der Waals surface area contributed by atoms with Crippen molar-refractivity contribution in [1.29, 1.82) is 0 Å². The van der Waals surface area contributed by atoms with Gasteiger partial charge in [0, 0.05) is 18.0 Å². The molecular formula is C12H14F3N5O. The van der Waals surface area contributed by atoms with Crippen molar-refractivity contribution in [2.24, 2.45) is 11.5 Å². The number of nitrogens with one attached hydrogen (secondary N) is 2. The van der Waals surface area contributed by atoms with Crippen molar-refractivity contribution >= 4 is 5.82 Å². The van der Waals surface area contributed by atoms with E-state index in [4.69, 9.17) is 11.5 Å². The van der Waals surface area contributed by atoms with Gasteiger partial charge in [-0.3, -0.25) is 10.6 Å². The topological polar surface area (TPSA) is 98.2 Å². The molecule has 0 aliphatic carbocycles. The highest BCUT2D eigenvalue weighted by molar-refractivity contribution is 5.43. The molecule has 0 saturated carbocycles. The number of rotatable bonds is 3. The summed E-state index contributed by atoms with van der Waals surface area (Å²) in [6.07, 6.45) is -1.51. The fraction of sp³-hybridized carbons (Fsp3) is 0.250. The normalized spacial score (nSPS) is 22.1. The molecule has 1 aliphatic heterocycles. The molecule has 0 fully saturated rings. The first-order valence-corrected chi connectivity index (χ1v) is 5.84. The summed E-state index contributed by atoms with van der Waals surface area (Å²) in [5, 5.41) is 2.48. The third-order valence-corrected chi connectivity index (χ3v) is 2.97. The first kappa shape index (κ1) is 15.1. The average Bonchev–Trinajstić information content (AvgIpc) is 2.42. The predicted octanol–water partition coefficient (Wildman–Crippen LogP) is 1.06. The van der Waals surface area contributed by atoms with Gasteiger partial charge in [0.25, 0.3) is 0 Å². The monoisotopic (exact) mass is 301 g/mol. The fourth-order valence-electron chi connectivity index (χ4n) is 1.80. The Labute approximate surface area is 118 Å². The first-order chi connectivity index (χ1) is 9.77. The number of anilines is 1. The number of pyridine rings is 1. The minimum atomic E-state index is -4.50. The molecule has 0 amide bonds. The smallest absolute Gasteiger partial charge is 0.399 e. The van der Waals surface area contributed by atoms with Gasteiger partial charge < -0.3 is 11.1 Å². The Morgan fingerprint density at radius 1 is 1.38 bits per heavy atom. The van der Waals surface area contributed by atoms with Crippen LogP contribution in [0.15, 0.2) is 41.9 Å². The fourth-order valence-corrected chi connectivity index (χ4v) is 1.80. The van der Waals surface area contributed by atoms with Gasteiger partial charge in [-0.1, -0.05) is 0 Å². The molecule has 1 unspecified atom stereocenters. The predicted molar refractivity (Wildman–Crippen MR) is 70.3 cm³/mol. The Morgan fingerprint density at radius 2 is 2.10 bits per heavy atom. The molecule has 0 spiro atoms. The number of aromatic nitrogens is 1. The Bertz CT molecular complexity index is 582. The summed E-state index contributed by atoms with van der Waals surface area (Å²) in [6.45, 7) is 0. The number of dihydropyridines is 1. The summed E-state index contributed by atoms with van der Waals surface area (Å²) < 4.78 is 37.9. The van der Waals surface area contributed by atoms with E-state index >= 15 is 0 Å². The largest absolute Gasteiger partial charge is 0.417 e. The molecule has 0 bridgehead atoms. The van der Waals surface area contributed by atoms with Crippen LogP contribution in [0.1, 0.15) is 5.56 Å². The van der Waals surface area contributed by atoms with Crippen LogP contribution in [0, 0.1) is 0 Å². The number of hydrogen-bond donors (Lipinski definition) is 4. The lowest BCUT2D eigenvalue weighted by molar-refractivity contribution is -0.0891. The van der Waals surface area contributed by atoms with Gasteiger partial charge in [0.2, 0.25) is 0 Å². The minimum absolute atomic E-state index is 0.161. The van der Waals surface area contributed by atoms with Gasteiger partial charge in [0.05, 0.1) is 18.4 Å². The highest BCUT2D eigenvalue weighted by Crippen LogP contribution is 2.32. The summed E-state index contributed by atoms with van der Waals surface area (Å²) in [4.78, 5) is 8.69. The molecule has 1 aliphatic rings. The van der Waals surface area contributed by atoms with Crippen LogP contribution in [0.5, 0.6) is 0 Å². The van der Waals surface area contributed by atoms with Crippen LogP contribution >= 0.6 is 0 Å². The molecule has 2 rings (SSSR count). The van der Waals surface area contributed by atoms with Crippen LogP contribution in [-0.4, -0.2) is 18.3 Å². The number of hydrogen-bond acceptors (Lipinski definition) is 6. The minimum Gasteiger partial charge on any atom is -0.399 e. The van der Waals surface area contributed by atoms with E-state index in [9.17, 15) is 13.2 Å². The molecule has 1 aromatic heterocycles. The summed E-state index contributed by atoms with van der Waals surface area (Å²) in [6, 6.07) is 3.14. The zero-order valence-electron chi connectivity index (χ0n) is 11.0. The number of halogens is 3. The van der Waals surface area contributed by atoms with Crippen molar-refractivity contribution in [3.05, 3.63) is 47.4 Å². The maximum atomic E-state index is 12.6. The van der Waals surface area contributed by atoms with Crippen molar-refractivity contribution in [2.45, 2.75) is 11.8 Å². The van der Waals surface area contributed by atoms with E-state index < -0.39 is 17.4 Å². The lowest BCUT2D eigenvalue weighted by Crippen LogP contribution is -2.54. The third-order valence-electron chi connectivity index (χ3n) is 2.97. The van der Waals surface area contributed by atoms with Crippen molar-refractivity contribution in [3.8, 4) is 0 Å². The zero-order valence-corrected chi connectivity index (χ0v) is 11.0. The molecule has 0 saturated heterocycles. The number of nitrogens with two attached hydrogens (primary N) is 2. The molecule has 0 aromatic carbocycles. The summed E-state index contributed by atoms with van der Waals surface area (Å²) in [7, 11) is 1.42. The Morgan fingerprint density at radius 3 is 2.57 bits per heavy atom. The Balaban J connectivity index is 2.28. The molecular weight excluding hydrogens is 287 g/mol. The zero-order chi connectivity index (χ0) is 15.7. The van der Waals surface area contributed by atoms with E-state index in [0.717, 1.165) is 12.3 Å². The number of nitrogens with zero attached hydrogens (tertiary/aromatic N) is 1. The second-order valence-electron chi connectivity index (χ2n) is 4.39. The summed E-state index contributed by atoms with van der Waals surface area (Å²) in [5.41, 5.74) is 12.2.